The molecule has 1 saturated heterocycles. The van der Waals surface area contributed by atoms with E-state index >= 15 is 0 Å². The molecule has 1 amide bonds. The van der Waals surface area contributed by atoms with E-state index in [2.05, 4.69) is 15.9 Å². The van der Waals surface area contributed by atoms with E-state index in [4.69, 9.17) is 5.73 Å². The topological polar surface area (TPSA) is 66.6 Å². The Morgan fingerprint density at radius 3 is 2.67 bits per heavy atom. The molecule has 4 nitrogen and oxygen atoms in total. The second-order valence-corrected chi connectivity index (χ2v) is 5.49. The van der Waals surface area contributed by atoms with Gasteiger partial charge >= 0.3 is 0 Å². The molecule has 5 heteroatoms. The summed E-state index contributed by atoms with van der Waals surface area (Å²) >= 11 is 3.20. The predicted molar refractivity (Wildman–Crippen MR) is 73.5 cm³/mol. The van der Waals surface area contributed by atoms with Crippen LogP contribution in [0, 0.1) is 5.92 Å². The van der Waals surface area contributed by atoms with E-state index < -0.39 is 0 Å². The lowest BCUT2D eigenvalue weighted by Crippen LogP contribution is -2.40. The van der Waals surface area contributed by atoms with Gasteiger partial charge in [0.1, 0.15) is 5.75 Å². The van der Waals surface area contributed by atoms with Gasteiger partial charge < -0.3 is 15.7 Å². The zero-order valence-corrected chi connectivity index (χ0v) is 11.7. The minimum Gasteiger partial charge on any atom is -0.507 e. The molecular formula is C13H17BrN2O2. The lowest BCUT2D eigenvalue weighted by Gasteiger charge is -2.31. The van der Waals surface area contributed by atoms with Gasteiger partial charge in [-0.1, -0.05) is 0 Å². The minimum atomic E-state index is -0.0201. The third-order valence-electron chi connectivity index (χ3n) is 3.43. The maximum absolute atomic E-state index is 12.2. The second kappa shape index (κ2) is 5.71. The molecule has 18 heavy (non-hydrogen) atoms. The number of hydrogen-bond acceptors (Lipinski definition) is 3. The molecule has 2 rings (SSSR count). The number of amides is 1. The number of halogens is 1. The molecule has 0 aliphatic carbocycles. The summed E-state index contributed by atoms with van der Waals surface area (Å²) in [7, 11) is 0. The van der Waals surface area contributed by atoms with E-state index in [9.17, 15) is 9.90 Å². The number of nitrogens with zero attached hydrogens (tertiary/aromatic N) is 1. The number of phenolic OH excluding ortho intramolecular Hbond substituents is 1. The minimum absolute atomic E-state index is 0.0201. The van der Waals surface area contributed by atoms with E-state index in [-0.39, 0.29) is 11.7 Å². The van der Waals surface area contributed by atoms with Gasteiger partial charge in [0, 0.05) is 18.7 Å². The zero-order chi connectivity index (χ0) is 13.1. The third-order valence-corrected chi connectivity index (χ3v) is 4.10. The molecule has 0 saturated carbocycles. The van der Waals surface area contributed by atoms with E-state index in [1.165, 1.54) is 6.07 Å². The van der Waals surface area contributed by atoms with Crippen molar-refractivity contribution >= 4 is 21.8 Å². The van der Waals surface area contributed by atoms with Crippen LogP contribution in [0.5, 0.6) is 5.75 Å². The number of phenols is 1. The van der Waals surface area contributed by atoms with Crippen LogP contribution in [0.1, 0.15) is 23.2 Å². The van der Waals surface area contributed by atoms with Crippen LogP contribution in [-0.4, -0.2) is 35.5 Å². The standard InChI is InChI=1S/C13H17BrN2O2/c14-11-2-1-10(7-12(11)17)13(18)16-5-3-9(8-15)4-6-16/h1-2,7,9,17H,3-6,8,15H2. The average molecular weight is 313 g/mol. The molecule has 1 aromatic rings. The Balaban J connectivity index is 2.05. The number of likely N-dealkylation sites (tertiary alicyclic amines) is 1. The summed E-state index contributed by atoms with van der Waals surface area (Å²) in [5.74, 6) is 0.610. The number of piperidine rings is 1. The van der Waals surface area contributed by atoms with E-state index in [0.29, 0.717) is 22.5 Å². The van der Waals surface area contributed by atoms with E-state index in [0.717, 1.165) is 25.9 Å². The number of aromatic hydroxyl groups is 1. The average Bonchev–Trinajstić information content (AvgIpc) is 2.41. The molecule has 0 spiro atoms. The van der Waals surface area contributed by atoms with Crippen molar-refractivity contribution in [2.75, 3.05) is 19.6 Å². The van der Waals surface area contributed by atoms with Crippen LogP contribution in [0.3, 0.4) is 0 Å². The summed E-state index contributed by atoms with van der Waals surface area (Å²) < 4.78 is 0.598. The van der Waals surface area contributed by atoms with Crippen LogP contribution in [0.25, 0.3) is 0 Å². The molecule has 0 radical (unpaired) electrons. The van der Waals surface area contributed by atoms with Crippen LogP contribution in [0.2, 0.25) is 0 Å². The first-order valence-corrected chi connectivity index (χ1v) is 6.89. The van der Waals surface area contributed by atoms with Crippen molar-refractivity contribution < 1.29 is 9.90 Å². The molecular weight excluding hydrogens is 296 g/mol. The molecule has 1 heterocycles. The van der Waals surface area contributed by atoms with E-state index in [1.807, 2.05) is 4.90 Å². The smallest absolute Gasteiger partial charge is 0.253 e. The third kappa shape index (κ3) is 2.84. The van der Waals surface area contributed by atoms with Crippen molar-refractivity contribution in [3.05, 3.63) is 28.2 Å². The SMILES string of the molecule is NCC1CCN(C(=O)c2ccc(Br)c(O)c2)CC1. The molecule has 0 bridgehead atoms. The molecule has 0 unspecified atom stereocenters. The predicted octanol–water partition coefficient (Wildman–Crippen LogP) is 1.97. The van der Waals surface area contributed by atoms with Crippen LogP contribution in [-0.2, 0) is 0 Å². The highest BCUT2D eigenvalue weighted by Crippen LogP contribution is 2.26. The Labute approximate surface area is 115 Å². The van der Waals surface area contributed by atoms with Gasteiger partial charge in [0.15, 0.2) is 0 Å². The first-order chi connectivity index (χ1) is 8.61. The first-order valence-electron chi connectivity index (χ1n) is 6.09. The summed E-state index contributed by atoms with van der Waals surface area (Å²) in [6.07, 6.45) is 1.93. The number of benzene rings is 1. The fraction of sp³-hybridized carbons (Fsp3) is 0.462. The van der Waals surface area contributed by atoms with Gasteiger partial charge in [-0.25, -0.2) is 0 Å². The van der Waals surface area contributed by atoms with Gasteiger partial charge in [0.05, 0.1) is 4.47 Å². The summed E-state index contributed by atoms with van der Waals surface area (Å²) in [5, 5.41) is 9.59. The fourth-order valence-corrected chi connectivity index (χ4v) is 2.45. The normalized spacial score (nSPS) is 16.9. The Bertz CT molecular complexity index is 443. The number of hydrogen-bond donors (Lipinski definition) is 2. The van der Waals surface area contributed by atoms with Gasteiger partial charge in [0.25, 0.3) is 5.91 Å². The highest BCUT2D eigenvalue weighted by atomic mass is 79.9. The van der Waals surface area contributed by atoms with Crippen molar-refractivity contribution in [1.29, 1.82) is 0 Å². The second-order valence-electron chi connectivity index (χ2n) is 4.64. The Morgan fingerprint density at radius 1 is 1.44 bits per heavy atom. The van der Waals surface area contributed by atoms with Crippen molar-refractivity contribution in [1.82, 2.24) is 4.90 Å². The summed E-state index contributed by atoms with van der Waals surface area (Å²) in [6, 6.07) is 4.91. The van der Waals surface area contributed by atoms with Crippen molar-refractivity contribution in [2.45, 2.75) is 12.8 Å². The van der Waals surface area contributed by atoms with Gasteiger partial charge in [-0.15, -0.1) is 0 Å². The maximum atomic E-state index is 12.2. The molecule has 98 valence electrons. The summed E-state index contributed by atoms with van der Waals surface area (Å²) in [5.41, 5.74) is 6.16. The molecule has 0 aromatic heterocycles. The highest BCUT2D eigenvalue weighted by Gasteiger charge is 2.23. The quantitative estimate of drug-likeness (QED) is 0.877. The summed E-state index contributed by atoms with van der Waals surface area (Å²) in [6.45, 7) is 2.19. The number of rotatable bonds is 2. The Hall–Kier alpha value is -1.07. The molecule has 3 N–H and O–H groups in total. The Kier molecular flexibility index (Phi) is 4.24. The van der Waals surface area contributed by atoms with Crippen molar-refractivity contribution in [3.8, 4) is 5.75 Å². The lowest BCUT2D eigenvalue weighted by atomic mass is 9.96. The maximum Gasteiger partial charge on any atom is 0.253 e. The van der Waals surface area contributed by atoms with Crippen LogP contribution in [0.15, 0.2) is 22.7 Å². The van der Waals surface area contributed by atoms with E-state index in [1.54, 1.807) is 12.1 Å². The van der Waals surface area contributed by atoms with Gasteiger partial charge in [-0.3, -0.25) is 4.79 Å². The molecule has 1 aromatic carbocycles. The molecule has 1 aliphatic heterocycles. The Morgan fingerprint density at radius 2 is 2.11 bits per heavy atom. The molecule has 1 fully saturated rings. The van der Waals surface area contributed by atoms with Gasteiger partial charge in [-0.2, -0.15) is 0 Å². The number of carbonyl (C=O) groups excluding carboxylic acids is 1. The molecule has 0 atom stereocenters. The lowest BCUT2D eigenvalue weighted by molar-refractivity contribution is 0.0693. The van der Waals surface area contributed by atoms with Gasteiger partial charge in [-0.05, 0) is 59.4 Å². The highest BCUT2D eigenvalue weighted by molar-refractivity contribution is 9.10. The molecule has 1 aliphatic rings. The summed E-state index contributed by atoms with van der Waals surface area (Å²) in [4.78, 5) is 14.1. The monoisotopic (exact) mass is 312 g/mol. The largest absolute Gasteiger partial charge is 0.507 e. The fourth-order valence-electron chi connectivity index (χ4n) is 2.20. The number of nitrogens with two attached hydrogens (primary N) is 1. The van der Waals surface area contributed by atoms with Crippen LogP contribution >= 0.6 is 15.9 Å². The van der Waals surface area contributed by atoms with Gasteiger partial charge in [0.2, 0.25) is 0 Å². The first kappa shape index (κ1) is 13.4. The van der Waals surface area contributed by atoms with Crippen molar-refractivity contribution in [3.63, 3.8) is 0 Å². The number of carbonyl (C=O) groups is 1. The van der Waals surface area contributed by atoms with Crippen molar-refractivity contribution in [2.24, 2.45) is 11.7 Å². The van der Waals surface area contributed by atoms with Crippen LogP contribution in [0.4, 0.5) is 0 Å². The zero-order valence-electron chi connectivity index (χ0n) is 10.1. The van der Waals surface area contributed by atoms with Crippen LogP contribution < -0.4 is 5.73 Å².